The Bertz CT molecular complexity index is 351. The Labute approximate surface area is 94.4 Å². The van der Waals surface area contributed by atoms with Crippen molar-refractivity contribution in [2.45, 2.75) is 6.42 Å². The van der Waals surface area contributed by atoms with Crippen LogP contribution in [-0.4, -0.2) is 42.9 Å². The third kappa shape index (κ3) is 2.93. The van der Waals surface area contributed by atoms with E-state index in [4.69, 9.17) is 9.84 Å². The number of rotatable bonds is 3. The van der Waals surface area contributed by atoms with Crippen LogP contribution in [0.4, 0.5) is 4.39 Å². The first-order valence-corrected chi connectivity index (χ1v) is 5.53. The van der Waals surface area contributed by atoms with Crippen molar-refractivity contribution in [1.82, 2.24) is 4.90 Å². The van der Waals surface area contributed by atoms with Crippen molar-refractivity contribution in [2.24, 2.45) is 0 Å². The van der Waals surface area contributed by atoms with Crippen LogP contribution in [0.15, 0.2) is 18.2 Å². The summed E-state index contributed by atoms with van der Waals surface area (Å²) in [7, 11) is 0. The average Bonchev–Trinajstić information content (AvgIpc) is 2.32. The van der Waals surface area contributed by atoms with Gasteiger partial charge < -0.3 is 9.84 Å². The summed E-state index contributed by atoms with van der Waals surface area (Å²) in [5.74, 6) is -0.824. The van der Waals surface area contributed by atoms with Crippen LogP contribution in [0.1, 0.15) is 5.56 Å². The fraction of sp³-hybridized carbons (Fsp3) is 0.500. The molecule has 1 aromatic carbocycles. The van der Waals surface area contributed by atoms with Gasteiger partial charge in [0.15, 0.2) is 11.6 Å². The van der Waals surface area contributed by atoms with Gasteiger partial charge in [0.05, 0.1) is 13.2 Å². The number of ether oxygens (including phenoxy) is 1. The molecule has 0 saturated carbocycles. The second-order valence-electron chi connectivity index (χ2n) is 3.99. The summed E-state index contributed by atoms with van der Waals surface area (Å²) in [6.07, 6.45) is 0.803. The van der Waals surface area contributed by atoms with E-state index >= 15 is 0 Å². The van der Waals surface area contributed by atoms with E-state index < -0.39 is 5.82 Å². The number of morpholine rings is 1. The van der Waals surface area contributed by atoms with Gasteiger partial charge in [0.1, 0.15) is 0 Å². The van der Waals surface area contributed by atoms with E-state index in [0.29, 0.717) is 0 Å². The summed E-state index contributed by atoms with van der Waals surface area (Å²) in [5.41, 5.74) is 0.918. The molecule has 0 atom stereocenters. The smallest absolute Gasteiger partial charge is 0.165 e. The van der Waals surface area contributed by atoms with Gasteiger partial charge in [-0.15, -0.1) is 0 Å². The Kier molecular flexibility index (Phi) is 3.74. The molecule has 1 aliphatic rings. The number of aromatic hydroxyl groups is 1. The van der Waals surface area contributed by atoms with Gasteiger partial charge >= 0.3 is 0 Å². The van der Waals surface area contributed by atoms with Gasteiger partial charge in [0, 0.05) is 19.6 Å². The second kappa shape index (κ2) is 5.27. The third-order valence-corrected chi connectivity index (χ3v) is 2.83. The molecular weight excluding hydrogens is 209 g/mol. The van der Waals surface area contributed by atoms with Gasteiger partial charge in [-0.3, -0.25) is 4.90 Å². The first kappa shape index (κ1) is 11.4. The maximum absolute atomic E-state index is 13.1. The Balaban J connectivity index is 1.86. The fourth-order valence-electron chi connectivity index (χ4n) is 1.82. The van der Waals surface area contributed by atoms with E-state index in [2.05, 4.69) is 4.90 Å². The van der Waals surface area contributed by atoms with Gasteiger partial charge in [-0.2, -0.15) is 0 Å². The van der Waals surface area contributed by atoms with Crippen molar-refractivity contribution in [3.63, 3.8) is 0 Å². The van der Waals surface area contributed by atoms with Crippen molar-refractivity contribution in [3.8, 4) is 5.75 Å². The summed E-state index contributed by atoms with van der Waals surface area (Å²) in [6.45, 7) is 4.36. The molecule has 1 heterocycles. The quantitative estimate of drug-likeness (QED) is 0.844. The standard InChI is InChI=1S/C12H16FNO2/c13-11-9-10(1-2-12(11)15)3-4-14-5-7-16-8-6-14/h1-2,9,15H,3-8H2. The SMILES string of the molecule is Oc1ccc(CCN2CCOCC2)cc1F. The molecule has 1 saturated heterocycles. The van der Waals surface area contributed by atoms with Crippen LogP contribution in [0.3, 0.4) is 0 Å². The van der Waals surface area contributed by atoms with E-state index in [1.807, 2.05) is 0 Å². The molecule has 16 heavy (non-hydrogen) atoms. The minimum atomic E-state index is -0.542. The van der Waals surface area contributed by atoms with Crippen molar-refractivity contribution >= 4 is 0 Å². The molecule has 0 spiro atoms. The third-order valence-electron chi connectivity index (χ3n) is 2.83. The topological polar surface area (TPSA) is 32.7 Å². The van der Waals surface area contributed by atoms with Gasteiger partial charge in [-0.05, 0) is 24.1 Å². The van der Waals surface area contributed by atoms with E-state index in [1.165, 1.54) is 12.1 Å². The van der Waals surface area contributed by atoms with Crippen molar-refractivity contribution in [3.05, 3.63) is 29.6 Å². The molecule has 1 aromatic rings. The average molecular weight is 225 g/mol. The number of phenols is 1. The highest BCUT2D eigenvalue weighted by Gasteiger charge is 2.10. The molecule has 0 unspecified atom stereocenters. The molecule has 4 heteroatoms. The van der Waals surface area contributed by atoms with E-state index in [9.17, 15) is 4.39 Å². The molecule has 3 nitrogen and oxygen atoms in total. The normalized spacial score (nSPS) is 17.6. The van der Waals surface area contributed by atoms with Crippen LogP contribution in [0.5, 0.6) is 5.75 Å². The number of halogens is 1. The monoisotopic (exact) mass is 225 g/mol. The van der Waals surface area contributed by atoms with Crippen LogP contribution in [-0.2, 0) is 11.2 Å². The fourth-order valence-corrected chi connectivity index (χ4v) is 1.82. The van der Waals surface area contributed by atoms with Crippen molar-refractivity contribution in [1.29, 1.82) is 0 Å². The molecule has 88 valence electrons. The van der Waals surface area contributed by atoms with Crippen LogP contribution in [0.2, 0.25) is 0 Å². The van der Waals surface area contributed by atoms with Crippen molar-refractivity contribution < 1.29 is 14.2 Å². The maximum atomic E-state index is 13.1. The minimum Gasteiger partial charge on any atom is -0.505 e. The molecule has 2 rings (SSSR count). The summed E-state index contributed by atoms with van der Waals surface area (Å²) in [5, 5.41) is 9.06. The molecule has 0 radical (unpaired) electrons. The summed E-state index contributed by atoms with van der Waals surface area (Å²) < 4.78 is 18.3. The maximum Gasteiger partial charge on any atom is 0.165 e. The number of hydrogen-bond donors (Lipinski definition) is 1. The Hall–Kier alpha value is -1.13. The lowest BCUT2D eigenvalue weighted by atomic mass is 10.1. The van der Waals surface area contributed by atoms with Crippen LogP contribution >= 0.6 is 0 Å². The highest BCUT2D eigenvalue weighted by Crippen LogP contribution is 2.16. The summed E-state index contributed by atoms with van der Waals surface area (Å²) in [4.78, 5) is 2.30. The predicted molar refractivity (Wildman–Crippen MR) is 59.0 cm³/mol. The zero-order valence-electron chi connectivity index (χ0n) is 9.16. The van der Waals surface area contributed by atoms with Crippen LogP contribution < -0.4 is 0 Å². The number of phenolic OH excluding ortho intramolecular Hbond substituents is 1. The number of hydrogen-bond acceptors (Lipinski definition) is 3. The second-order valence-corrected chi connectivity index (χ2v) is 3.99. The van der Waals surface area contributed by atoms with E-state index in [-0.39, 0.29) is 5.75 Å². The molecule has 0 amide bonds. The minimum absolute atomic E-state index is 0.282. The predicted octanol–water partition coefficient (Wildman–Crippen LogP) is 1.41. The van der Waals surface area contributed by atoms with Crippen molar-refractivity contribution in [2.75, 3.05) is 32.8 Å². The first-order valence-electron chi connectivity index (χ1n) is 5.53. The lowest BCUT2D eigenvalue weighted by Gasteiger charge is -2.26. The van der Waals surface area contributed by atoms with Gasteiger partial charge in [-0.1, -0.05) is 6.07 Å². The molecule has 1 N–H and O–H groups in total. The summed E-state index contributed by atoms with van der Waals surface area (Å²) >= 11 is 0. The largest absolute Gasteiger partial charge is 0.505 e. The zero-order chi connectivity index (χ0) is 11.4. The van der Waals surface area contributed by atoms with E-state index in [0.717, 1.165) is 44.8 Å². The first-order chi connectivity index (χ1) is 7.75. The lowest BCUT2D eigenvalue weighted by molar-refractivity contribution is 0.0384. The summed E-state index contributed by atoms with van der Waals surface area (Å²) in [6, 6.07) is 4.57. The highest BCUT2D eigenvalue weighted by atomic mass is 19.1. The Morgan fingerprint density at radius 2 is 2.06 bits per heavy atom. The molecule has 1 aliphatic heterocycles. The molecule has 1 fully saturated rings. The Morgan fingerprint density at radius 3 is 2.75 bits per heavy atom. The van der Waals surface area contributed by atoms with Gasteiger partial charge in [-0.25, -0.2) is 4.39 Å². The van der Waals surface area contributed by atoms with Gasteiger partial charge in [0.25, 0.3) is 0 Å². The molecule has 0 aromatic heterocycles. The Morgan fingerprint density at radius 1 is 1.31 bits per heavy atom. The van der Waals surface area contributed by atoms with E-state index in [1.54, 1.807) is 6.07 Å². The van der Waals surface area contributed by atoms with Crippen LogP contribution in [0.25, 0.3) is 0 Å². The van der Waals surface area contributed by atoms with Crippen LogP contribution in [0, 0.1) is 5.82 Å². The highest BCUT2D eigenvalue weighted by molar-refractivity contribution is 5.28. The lowest BCUT2D eigenvalue weighted by Crippen LogP contribution is -2.37. The zero-order valence-corrected chi connectivity index (χ0v) is 9.16. The van der Waals surface area contributed by atoms with Gasteiger partial charge in [0.2, 0.25) is 0 Å². The molecular formula is C12H16FNO2. The molecule has 0 bridgehead atoms. The number of nitrogens with zero attached hydrogens (tertiary/aromatic N) is 1. The number of benzene rings is 1. The molecule has 0 aliphatic carbocycles.